The minimum absolute atomic E-state index is 0.0199. The summed E-state index contributed by atoms with van der Waals surface area (Å²) < 4.78 is 22.2. The molecule has 2 heterocycles. The zero-order valence-corrected chi connectivity index (χ0v) is 17.7. The molecule has 1 N–H and O–H groups in total. The lowest BCUT2D eigenvalue weighted by molar-refractivity contribution is 0.0691. The first kappa shape index (κ1) is 20.7. The largest absolute Gasteiger partial charge is 0.493 e. The quantitative estimate of drug-likeness (QED) is 0.648. The Morgan fingerprint density at radius 2 is 1.71 bits per heavy atom. The summed E-state index contributed by atoms with van der Waals surface area (Å²) in [5.74, 6) is 0.703. The Morgan fingerprint density at radius 3 is 2.29 bits per heavy atom. The summed E-state index contributed by atoms with van der Waals surface area (Å²) in [4.78, 5) is 28.1. The number of amides is 1. The highest BCUT2D eigenvalue weighted by atomic mass is 16.5. The number of fused-ring (bicyclic) bond motifs is 2. The summed E-state index contributed by atoms with van der Waals surface area (Å²) in [6.07, 6.45) is 0. The number of hydrogen-bond donors (Lipinski definition) is 1. The van der Waals surface area contributed by atoms with Crippen molar-refractivity contribution < 1.29 is 28.5 Å². The number of benzene rings is 2. The van der Waals surface area contributed by atoms with Gasteiger partial charge >= 0.3 is 0 Å². The third-order valence-corrected chi connectivity index (χ3v) is 5.46. The van der Waals surface area contributed by atoms with Gasteiger partial charge in [-0.25, -0.2) is 0 Å². The van der Waals surface area contributed by atoms with Crippen LogP contribution in [0.1, 0.15) is 33.3 Å². The summed E-state index contributed by atoms with van der Waals surface area (Å²) >= 11 is 0. The van der Waals surface area contributed by atoms with E-state index in [1.807, 2.05) is 13.0 Å². The van der Waals surface area contributed by atoms with Gasteiger partial charge in [0.05, 0.1) is 44.9 Å². The molecule has 1 aromatic heterocycles. The van der Waals surface area contributed by atoms with Gasteiger partial charge in [-0.05, 0) is 36.8 Å². The first-order valence-corrected chi connectivity index (χ1v) is 9.74. The molecule has 1 amide bonds. The number of rotatable bonds is 6. The molecular weight excluding hydrogens is 402 g/mol. The number of carbonyl (C=O) groups is 1. The predicted molar refractivity (Wildman–Crippen MR) is 113 cm³/mol. The number of aliphatic hydroxyl groups is 1. The van der Waals surface area contributed by atoms with Crippen molar-refractivity contribution in [2.45, 2.75) is 13.0 Å². The SMILES string of the molecule is COc1cc(C2c3c(oc4ccc(C)cc4c3=O)C(=O)N2CCO)cc(OC)c1OC. The highest BCUT2D eigenvalue weighted by Crippen LogP contribution is 2.44. The number of aryl methyl sites for hydroxylation is 1. The van der Waals surface area contributed by atoms with Crippen molar-refractivity contribution >= 4 is 16.9 Å². The molecule has 0 spiro atoms. The van der Waals surface area contributed by atoms with Crippen LogP contribution in [-0.4, -0.2) is 50.4 Å². The third-order valence-electron chi connectivity index (χ3n) is 5.46. The van der Waals surface area contributed by atoms with Crippen molar-refractivity contribution in [1.82, 2.24) is 4.90 Å². The molecule has 1 unspecified atom stereocenters. The van der Waals surface area contributed by atoms with E-state index in [2.05, 4.69) is 0 Å². The van der Waals surface area contributed by atoms with Crippen molar-refractivity contribution in [2.75, 3.05) is 34.5 Å². The van der Waals surface area contributed by atoms with E-state index < -0.39 is 11.9 Å². The monoisotopic (exact) mass is 425 g/mol. The topological polar surface area (TPSA) is 98.4 Å². The van der Waals surface area contributed by atoms with Crippen molar-refractivity contribution in [3.05, 3.63) is 63.0 Å². The van der Waals surface area contributed by atoms with Crippen molar-refractivity contribution in [1.29, 1.82) is 0 Å². The van der Waals surface area contributed by atoms with Crippen LogP contribution >= 0.6 is 0 Å². The number of nitrogens with zero attached hydrogens (tertiary/aromatic N) is 1. The van der Waals surface area contributed by atoms with Crippen LogP contribution in [0.3, 0.4) is 0 Å². The normalized spacial score (nSPS) is 15.3. The highest BCUT2D eigenvalue weighted by molar-refractivity contribution is 5.99. The number of aliphatic hydroxyl groups excluding tert-OH is 1. The number of ether oxygens (including phenoxy) is 3. The Balaban J connectivity index is 2.02. The van der Waals surface area contributed by atoms with Gasteiger partial charge in [-0.15, -0.1) is 0 Å². The first-order chi connectivity index (χ1) is 14.9. The van der Waals surface area contributed by atoms with E-state index in [1.54, 1.807) is 24.3 Å². The van der Waals surface area contributed by atoms with Gasteiger partial charge in [-0.3, -0.25) is 9.59 Å². The van der Waals surface area contributed by atoms with E-state index in [0.717, 1.165) is 5.56 Å². The Labute approximate surface area is 178 Å². The second-order valence-corrected chi connectivity index (χ2v) is 7.26. The first-order valence-electron chi connectivity index (χ1n) is 9.74. The van der Waals surface area contributed by atoms with Gasteiger partial charge in [0.15, 0.2) is 16.9 Å². The molecule has 3 aromatic rings. The fraction of sp³-hybridized carbons (Fsp3) is 0.304. The van der Waals surface area contributed by atoms with Crippen molar-refractivity contribution in [3.8, 4) is 17.2 Å². The van der Waals surface area contributed by atoms with Gasteiger partial charge in [0, 0.05) is 6.54 Å². The van der Waals surface area contributed by atoms with E-state index in [4.69, 9.17) is 18.6 Å². The van der Waals surface area contributed by atoms with Crippen LogP contribution in [0.2, 0.25) is 0 Å². The minimum atomic E-state index is -0.774. The summed E-state index contributed by atoms with van der Waals surface area (Å²) in [6.45, 7) is 1.64. The van der Waals surface area contributed by atoms with Gasteiger partial charge in [0.2, 0.25) is 11.5 Å². The van der Waals surface area contributed by atoms with Crippen LogP contribution in [0.25, 0.3) is 11.0 Å². The minimum Gasteiger partial charge on any atom is -0.493 e. The molecule has 0 radical (unpaired) electrons. The van der Waals surface area contributed by atoms with Crippen LogP contribution in [0.15, 0.2) is 39.5 Å². The molecule has 162 valence electrons. The Kier molecular flexibility index (Phi) is 5.32. The summed E-state index contributed by atoms with van der Waals surface area (Å²) in [5, 5.41) is 9.99. The molecule has 0 bridgehead atoms. The average molecular weight is 425 g/mol. The standard InChI is InChI=1S/C23H23NO7/c1-12-5-6-15-14(9-12)20(26)18-19(24(7-8-25)23(27)22(18)31-15)13-10-16(28-2)21(30-4)17(11-13)29-3/h5-6,9-11,19,25H,7-8H2,1-4H3. The van der Waals surface area contributed by atoms with E-state index >= 15 is 0 Å². The van der Waals surface area contributed by atoms with Crippen molar-refractivity contribution in [3.63, 3.8) is 0 Å². The maximum Gasteiger partial charge on any atom is 0.290 e. The molecule has 1 atom stereocenters. The number of hydrogen-bond acceptors (Lipinski definition) is 7. The van der Waals surface area contributed by atoms with Crippen LogP contribution < -0.4 is 19.6 Å². The number of methoxy groups -OCH3 is 3. The molecule has 8 heteroatoms. The summed E-state index contributed by atoms with van der Waals surface area (Å²) in [6, 6.07) is 7.86. The summed E-state index contributed by atoms with van der Waals surface area (Å²) in [5.41, 5.74) is 1.77. The molecule has 1 aliphatic heterocycles. The lowest BCUT2D eigenvalue weighted by Crippen LogP contribution is -2.32. The van der Waals surface area contributed by atoms with Crippen LogP contribution in [-0.2, 0) is 0 Å². The molecule has 4 rings (SSSR count). The predicted octanol–water partition coefficient (Wildman–Crippen LogP) is 2.66. The molecule has 0 fully saturated rings. The molecule has 31 heavy (non-hydrogen) atoms. The van der Waals surface area contributed by atoms with Gasteiger partial charge < -0.3 is 28.6 Å². The molecule has 2 aromatic carbocycles. The zero-order chi connectivity index (χ0) is 22.3. The van der Waals surface area contributed by atoms with E-state index in [1.165, 1.54) is 26.2 Å². The van der Waals surface area contributed by atoms with E-state index in [9.17, 15) is 14.7 Å². The fourth-order valence-electron chi connectivity index (χ4n) is 4.08. The zero-order valence-electron chi connectivity index (χ0n) is 17.7. The maximum absolute atomic E-state index is 13.5. The Morgan fingerprint density at radius 1 is 1.03 bits per heavy atom. The van der Waals surface area contributed by atoms with Gasteiger partial charge in [-0.2, -0.15) is 0 Å². The van der Waals surface area contributed by atoms with Crippen molar-refractivity contribution in [2.24, 2.45) is 0 Å². The summed E-state index contributed by atoms with van der Waals surface area (Å²) in [7, 11) is 4.48. The molecular formula is C23H23NO7. The van der Waals surface area contributed by atoms with Gasteiger partial charge in [0.25, 0.3) is 5.91 Å². The number of β-amino-alcohol motifs (C(OH)–C–C–N with tert-alkyl or cyclic N) is 1. The third kappa shape index (κ3) is 3.19. The Hall–Kier alpha value is -3.52. The maximum atomic E-state index is 13.5. The second-order valence-electron chi connectivity index (χ2n) is 7.26. The highest BCUT2D eigenvalue weighted by Gasteiger charge is 2.43. The van der Waals surface area contributed by atoms with Crippen LogP contribution in [0.4, 0.5) is 0 Å². The van der Waals surface area contributed by atoms with Gasteiger partial charge in [-0.1, -0.05) is 11.6 Å². The van der Waals surface area contributed by atoms with Crippen LogP contribution in [0, 0.1) is 6.92 Å². The molecule has 8 nitrogen and oxygen atoms in total. The van der Waals surface area contributed by atoms with E-state index in [0.29, 0.717) is 33.8 Å². The van der Waals surface area contributed by atoms with E-state index in [-0.39, 0.29) is 29.9 Å². The second kappa shape index (κ2) is 7.96. The van der Waals surface area contributed by atoms with Gasteiger partial charge in [0.1, 0.15) is 5.58 Å². The molecule has 0 saturated heterocycles. The fourth-order valence-corrected chi connectivity index (χ4v) is 4.08. The number of carbonyl (C=O) groups excluding carboxylic acids is 1. The molecule has 1 aliphatic rings. The molecule has 0 aliphatic carbocycles. The lowest BCUT2D eigenvalue weighted by atomic mass is 9.97. The van der Waals surface area contributed by atoms with Crippen LogP contribution in [0.5, 0.6) is 17.2 Å². The molecule has 0 saturated carbocycles. The lowest BCUT2D eigenvalue weighted by Gasteiger charge is -2.25. The average Bonchev–Trinajstić information content (AvgIpc) is 3.05. The Bertz CT molecular complexity index is 1210. The smallest absolute Gasteiger partial charge is 0.290 e.